The maximum Gasteiger partial charge on any atom is 0.262 e. The molecule has 0 heterocycles. The molecule has 2 aromatic carbocycles. The first-order valence-electron chi connectivity index (χ1n) is 6.63. The highest BCUT2D eigenvalue weighted by molar-refractivity contribution is 9.10. The van der Waals surface area contributed by atoms with E-state index in [9.17, 15) is 9.59 Å². The summed E-state index contributed by atoms with van der Waals surface area (Å²) in [6, 6.07) is 16.4. The molecule has 0 aromatic heterocycles. The molecule has 0 fully saturated rings. The van der Waals surface area contributed by atoms with Crippen LogP contribution >= 0.6 is 15.9 Å². The number of benzene rings is 2. The van der Waals surface area contributed by atoms with Crippen LogP contribution in [0, 0.1) is 0 Å². The number of carbonyl (C=O) groups is 2. The van der Waals surface area contributed by atoms with E-state index in [0.29, 0.717) is 5.56 Å². The summed E-state index contributed by atoms with van der Waals surface area (Å²) in [5, 5.41) is 2.52. The van der Waals surface area contributed by atoms with Gasteiger partial charge in [0, 0.05) is 10.0 Å². The van der Waals surface area contributed by atoms with Crippen LogP contribution in [-0.4, -0.2) is 18.4 Å². The van der Waals surface area contributed by atoms with E-state index in [4.69, 9.17) is 4.84 Å². The third-order valence-electron chi connectivity index (χ3n) is 2.76. The van der Waals surface area contributed by atoms with Crippen LogP contribution in [-0.2, 0) is 16.2 Å². The second-order valence-corrected chi connectivity index (χ2v) is 5.41. The monoisotopic (exact) mass is 362 g/mol. The summed E-state index contributed by atoms with van der Waals surface area (Å²) < 4.78 is 0.802. The van der Waals surface area contributed by atoms with E-state index in [-0.39, 0.29) is 19.1 Å². The van der Waals surface area contributed by atoms with Crippen molar-refractivity contribution in [2.75, 3.05) is 6.54 Å². The first-order chi connectivity index (χ1) is 10.6. The Morgan fingerprint density at radius 2 is 1.82 bits per heavy atom. The largest absolute Gasteiger partial charge is 0.343 e. The van der Waals surface area contributed by atoms with Gasteiger partial charge < -0.3 is 5.32 Å². The molecule has 0 saturated heterocycles. The van der Waals surface area contributed by atoms with E-state index in [1.165, 1.54) is 0 Å². The van der Waals surface area contributed by atoms with Crippen molar-refractivity contribution in [1.29, 1.82) is 0 Å². The summed E-state index contributed by atoms with van der Waals surface area (Å²) in [5.74, 6) is -0.737. The number of nitrogens with one attached hydrogen (secondary N) is 2. The van der Waals surface area contributed by atoms with Gasteiger partial charge in [-0.15, -0.1) is 0 Å². The van der Waals surface area contributed by atoms with Gasteiger partial charge in [0.25, 0.3) is 11.8 Å². The number of carbonyl (C=O) groups excluding carboxylic acids is 2. The summed E-state index contributed by atoms with van der Waals surface area (Å²) in [6.45, 7) is 0.117. The molecule has 6 heteroatoms. The average molecular weight is 363 g/mol. The Morgan fingerprint density at radius 1 is 1.05 bits per heavy atom. The van der Waals surface area contributed by atoms with Crippen molar-refractivity contribution in [3.8, 4) is 0 Å². The van der Waals surface area contributed by atoms with E-state index in [2.05, 4.69) is 26.7 Å². The lowest BCUT2D eigenvalue weighted by molar-refractivity contribution is -0.133. The zero-order chi connectivity index (χ0) is 15.8. The molecule has 0 aliphatic heterocycles. The van der Waals surface area contributed by atoms with E-state index in [1.807, 2.05) is 36.4 Å². The highest BCUT2D eigenvalue weighted by Crippen LogP contribution is 2.11. The van der Waals surface area contributed by atoms with Crippen LogP contribution in [0.3, 0.4) is 0 Å². The number of hydrogen-bond donors (Lipinski definition) is 2. The predicted molar refractivity (Wildman–Crippen MR) is 85.8 cm³/mol. The van der Waals surface area contributed by atoms with E-state index < -0.39 is 5.91 Å². The lowest BCUT2D eigenvalue weighted by Gasteiger charge is -2.07. The molecule has 2 rings (SSSR count). The topological polar surface area (TPSA) is 67.4 Å². The van der Waals surface area contributed by atoms with Crippen molar-refractivity contribution >= 4 is 27.7 Å². The van der Waals surface area contributed by atoms with Crippen LogP contribution in [0.15, 0.2) is 59.1 Å². The molecule has 0 saturated carbocycles. The fourth-order valence-corrected chi connectivity index (χ4v) is 2.10. The number of rotatable bonds is 6. The van der Waals surface area contributed by atoms with Gasteiger partial charge >= 0.3 is 0 Å². The minimum Gasteiger partial charge on any atom is -0.343 e. The molecule has 114 valence electrons. The van der Waals surface area contributed by atoms with Gasteiger partial charge in [-0.25, -0.2) is 5.48 Å². The Kier molecular flexibility index (Phi) is 6.12. The molecule has 2 amide bonds. The molecule has 0 radical (unpaired) electrons. The van der Waals surface area contributed by atoms with Gasteiger partial charge in [0.15, 0.2) is 0 Å². The number of amides is 2. The first kappa shape index (κ1) is 16.2. The van der Waals surface area contributed by atoms with Crippen LogP contribution in [0.1, 0.15) is 15.9 Å². The molecular weight excluding hydrogens is 348 g/mol. The third-order valence-corrected chi connectivity index (χ3v) is 3.26. The molecule has 0 unspecified atom stereocenters. The molecule has 2 aromatic rings. The van der Waals surface area contributed by atoms with Crippen molar-refractivity contribution in [2.45, 2.75) is 6.61 Å². The molecule has 5 nitrogen and oxygen atoms in total. The summed E-state index contributed by atoms with van der Waals surface area (Å²) in [6.07, 6.45) is 0. The summed E-state index contributed by atoms with van der Waals surface area (Å²) in [5.41, 5.74) is 3.71. The van der Waals surface area contributed by atoms with Gasteiger partial charge in [-0.3, -0.25) is 14.4 Å². The zero-order valence-electron chi connectivity index (χ0n) is 11.7. The van der Waals surface area contributed by atoms with Crippen molar-refractivity contribution in [1.82, 2.24) is 10.8 Å². The lowest BCUT2D eigenvalue weighted by atomic mass is 10.2. The maximum atomic E-state index is 11.8. The standard InChI is InChI=1S/C16H15BrN2O3/c17-14-8-4-7-13(9-14)16(21)18-10-15(20)19-22-11-12-5-2-1-3-6-12/h1-9H,10-11H2,(H,18,21)(H,19,20). The summed E-state index contributed by atoms with van der Waals surface area (Å²) >= 11 is 3.29. The molecule has 0 bridgehead atoms. The Hall–Kier alpha value is -2.18. The molecule has 0 aliphatic rings. The maximum absolute atomic E-state index is 11.8. The van der Waals surface area contributed by atoms with Crippen LogP contribution in [0.2, 0.25) is 0 Å². The van der Waals surface area contributed by atoms with Gasteiger partial charge in [-0.2, -0.15) is 0 Å². The highest BCUT2D eigenvalue weighted by Gasteiger charge is 2.08. The Bertz CT molecular complexity index is 647. The normalized spacial score (nSPS) is 10.0. The first-order valence-corrected chi connectivity index (χ1v) is 7.43. The molecule has 0 spiro atoms. The minimum atomic E-state index is -0.417. The van der Waals surface area contributed by atoms with Crippen LogP contribution in [0.4, 0.5) is 0 Å². The fourth-order valence-electron chi connectivity index (χ4n) is 1.70. The predicted octanol–water partition coefficient (Wildman–Crippen LogP) is 2.43. The summed E-state index contributed by atoms with van der Waals surface area (Å²) in [7, 11) is 0. The highest BCUT2D eigenvalue weighted by atomic mass is 79.9. The number of halogens is 1. The van der Waals surface area contributed by atoms with E-state index >= 15 is 0 Å². The van der Waals surface area contributed by atoms with Crippen LogP contribution in [0.25, 0.3) is 0 Å². The molecule has 22 heavy (non-hydrogen) atoms. The van der Waals surface area contributed by atoms with Gasteiger partial charge in [-0.05, 0) is 23.8 Å². The van der Waals surface area contributed by atoms with Crippen LogP contribution in [0.5, 0.6) is 0 Å². The Morgan fingerprint density at radius 3 is 2.55 bits per heavy atom. The quantitative estimate of drug-likeness (QED) is 0.775. The fraction of sp³-hybridized carbons (Fsp3) is 0.125. The van der Waals surface area contributed by atoms with E-state index in [1.54, 1.807) is 18.2 Å². The van der Waals surface area contributed by atoms with Gasteiger partial charge in [0.1, 0.15) is 0 Å². The van der Waals surface area contributed by atoms with Gasteiger partial charge in [-0.1, -0.05) is 52.3 Å². The lowest BCUT2D eigenvalue weighted by Crippen LogP contribution is -2.36. The van der Waals surface area contributed by atoms with Crippen molar-refractivity contribution in [3.63, 3.8) is 0 Å². The van der Waals surface area contributed by atoms with E-state index in [0.717, 1.165) is 10.0 Å². The second kappa shape index (κ2) is 8.31. The zero-order valence-corrected chi connectivity index (χ0v) is 13.3. The number of hydroxylamine groups is 1. The van der Waals surface area contributed by atoms with Crippen molar-refractivity contribution in [2.24, 2.45) is 0 Å². The minimum absolute atomic E-state index is 0.153. The SMILES string of the molecule is O=C(CNC(=O)c1cccc(Br)c1)NOCc1ccccc1. The smallest absolute Gasteiger partial charge is 0.262 e. The molecular formula is C16H15BrN2O3. The molecule has 0 atom stereocenters. The average Bonchev–Trinajstić information content (AvgIpc) is 2.53. The number of hydrogen-bond acceptors (Lipinski definition) is 3. The van der Waals surface area contributed by atoms with Gasteiger partial charge in [0.2, 0.25) is 0 Å². The molecule has 0 aliphatic carbocycles. The Balaban J connectivity index is 1.70. The van der Waals surface area contributed by atoms with Gasteiger partial charge in [0.05, 0.1) is 13.2 Å². The van der Waals surface area contributed by atoms with Crippen LogP contribution < -0.4 is 10.8 Å². The summed E-state index contributed by atoms with van der Waals surface area (Å²) in [4.78, 5) is 28.5. The molecule has 2 N–H and O–H groups in total. The Labute approximate surface area is 136 Å². The second-order valence-electron chi connectivity index (χ2n) is 4.49. The van der Waals surface area contributed by atoms with Crippen molar-refractivity contribution in [3.05, 3.63) is 70.2 Å². The third kappa shape index (κ3) is 5.31. The van der Waals surface area contributed by atoms with Crippen molar-refractivity contribution < 1.29 is 14.4 Å².